The molecule has 0 spiro atoms. The molecule has 0 bridgehead atoms. The lowest BCUT2D eigenvalue weighted by atomic mass is 9.84. The SMILES string of the molecule is CCOC(=S)C(CCC1CCCCC1)C(=O)O. The van der Waals surface area contributed by atoms with Crippen LogP contribution in [0.4, 0.5) is 0 Å². The smallest absolute Gasteiger partial charge is 0.315 e. The molecule has 1 saturated carbocycles. The molecule has 98 valence electrons. The summed E-state index contributed by atoms with van der Waals surface area (Å²) in [6.45, 7) is 2.28. The molecule has 1 aliphatic carbocycles. The summed E-state index contributed by atoms with van der Waals surface area (Å²) in [5.41, 5.74) is 0. The molecule has 1 rings (SSSR count). The van der Waals surface area contributed by atoms with E-state index in [1.165, 1.54) is 32.1 Å². The lowest BCUT2D eigenvalue weighted by Crippen LogP contribution is -2.25. The minimum atomic E-state index is -0.848. The van der Waals surface area contributed by atoms with E-state index in [-0.39, 0.29) is 5.05 Å². The summed E-state index contributed by atoms with van der Waals surface area (Å²) < 4.78 is 5.16. The van der Waals surface area contributed by atoms with E-state index in [0.717, 1.165) is 6.42 Å². The predicted molar refractivity (Wildman–Crippen MR) is 71.2 cm³/mol. The van der Waals surface area contributed by atoms with E-state index in [1.807, 2.05) is 6.92 Å². The third-order valence-corrected chi connectivity index (χ3v) is 3.86. The van der Waals surface area contributed by atoms with Gasteiger partial charge < -0.3 is 9.84 Å². The van der Waals surface area contributed by atoms with Crippen LogP contribution in [0.5, 0.6) is 0 Å². The van der Waals surface area contributed by atoms with Gasteiger partial charge in [0.1, 0.15) is 5.92 Å². The van der Waals surface area contributed by atoms with E-state index >= 15 is 0 Å². The van der Waals surface area contributed by atoms with Gasteiger partial charge in [-0.3, -0.25) is 4.79 Å². The third kappa shape index (κ3) is 5.02. The molecule has 0 aromatic rings. The Morgan fingerprint density at radius 2 is 2.06 bits per heavy atom. The number of carboxylic acids is 1. The van der Waals surface area contributed by atoms with Crippen LogP contribution < -0.4 is 0 Å². The number of aliphatic carboxylic acids is 1. The molecule has 0 heterocycles. The molecule has 1 aliphatic rings. The largest absolute Gasteiger partial charge is 0.486 e. The summed E-state index contributed by atoms with van der Waals surface area (Å²) in [4.78, 5) is 11.1. The molecular formula is C13H22O3S. The summed E-state index contributed by atoms with van der Waals surface area (Å²) in [5.74, 6) is -0.763. The highest BCUT2D eigenvalue weighted by Gasteiger charge is 2.25. The number of ether oxygens (including phenoxy) is 1. The quantitative estimate of drug-likeness (QED) is 0.742. The zero-order valence-electron chi connectivity index (χ0n) is 10.5. The van der Waals surface area contributed by atoms with Crippen molar-refractivity contribution < 1.29 is 14.6 Å². The van der Waals surface area contributed by atoms with Gasteiger partial charge in [-0.05, 0) is 37.9 Å². The van der Waals surface area contributed by atoms with Crippen molar-refractivity contribution in [2.45, 2.75) is 51.9 Å². The second-order valence-corrected chi connectivity index (χ2v) is 5.13. The Hall–Kier alpha value is -0.640. The summed E-state index contributed by atoms with van der Waals surface area (Å²) >= 11 is 5.01. The minimum Gasteiger partial charge on any atom is -0.486 e. The predicted octanol–water partition coefficient (Wildman–Crippen LogP) is 3.41. The highest BCUT2D eigenvalue weighted by atomic mass is 32.1. The molecule has 1 unspecified atom stereocenters. The van der Waals surface area contributed by atoms with Gasteiger partial charge in [-0.25, -0.2) is 0 Å². The van der Waals surface area contributed by atoms with Gasteiger partial charge in [-0.15, -0.1) is 0 Å². The fourth-order valence-corrected chi connectivity index (χ4v) is 2.80. The van der Waals surface area contributed by atoms with Gasteiger partial charge >= 0.3 is 5.97 Å². The van der Waals surface area contributed by atoms with Crippen LogP contribution in [0.3, 0.4) is 0 Å². The lowest BCUT2D eigenvalue weighted by Gasteiger charge is -2.23. The van der Waals surface area contributed by atoms with Gasteiger partial charge in [0.25, 0.3) is 0 Å². The fraction of sp³-hybridized carbons (Fsp3) is 0.846. The fourth-order valence-electron chi connectivity index (χ4n) is 2.46. The van der Waals surface area contributed by atoms with Crippen LogP contribution in [-0.4, -0.2) is 22.7 Å². The second-order valence-electron chi connectivity index (χ2n) is 4.72. The molecule has 4 heteroatoms. The number of carbonyl (C=O) groups is 1. The van der Waals surface area contributed by atoms with Gasteiger partial charge in [0.2, 0.25) is 0 Å². The molecule has 0 amide bonds. The molecule has 3 nitrogen and oxygen atoms in total. The van der Waals surface area contributed by atoms with E-state index in [4.69, 9.17) is 22.1 Å². The van der Waals surface area contributed by atoms with E-state index in [2.05, 4.69) is 0 Å². The first-order valence-electron chi connectivity index (χ1n) is 6.54. The first-order valence-corrected chi connectivity index (χ1v) is 6.95. The van der Waals surface area contributed by atoms with Gasteiger partial charge in [0.05, 0.1) is 6.61 Å². The van der Waals surface area contributed by atoms with Gasteiger partial charge in [0, 0.05) is 0 Å². The van der Waals surface area contributed by atoms with Crippen LogP contribution in [0.1, 0.15) is 51.9 Å². The molecule has 0 saturated heterocycles. The molecule has 0 radical (unpaired) electrons. The van der Waals surface area contributed by atoms with Crippen molar-refractivity contribution in [3.05, 3.63) is 0 Å². The van der Waals surface area contributed by atoms with Crippen molar-refractivity contribution in [1.82, 2.24) is 0 Å². The van der Waals surface area contributed by atoms with E-state index < -0.39 is 11.9 Å². The molecule has 0 aromatic carbocycles. The summed E-state index contributed by atoms with van der Waals surface area (Å²) in [6, 6.07) is 0. The van der Waals surface area contributed by atoms with Crippen molar-refractivity contribution in [3.63, 3.8) is 0 Å². The highest BCUT2D eigenvalue weighted by Crippen LogP contribution is 2.29. The summed E-state index contributed by atoms with van der Waals surface area (Å²) in [6.07, 6.45) is 7.98. The Labute approximate surface area is 109 Å². The molecule has 0 aromatic heterocycles. The Bertz CT molecular complexity index is 259. The van der Waals surface area contributed by atoms with Crippen LogP contribution in [0.15, 0.2) is 0 Å². The Balaban J connectivity index is 2.38. The average molecular weight is 258 g/mol. The number of rotatable bonds is 6. The molecular weight excluding hydrogens is 236 g/mol. The Kier molecular flexibility index (Phi) is 6.48. The standard InChI is InChI=1S/C13H22O3S/c1-2-16-13(17)11(12(14)15)9-8-10-6-4-3-5-7-10/h10-11H,2-9H2,1H3,(H,14,15). The van der Waals surface area contributed by atoms with Crippen molar-refractivity contribution in [2.75, 3.05) is 6.61 Å². The highest BCUT2D eigenvalue weighted by molar-refractivity contribution is 7.80. The summed E-state index contributed by atoms with van der Waals surface area (Å²) in [5, 5.41) is 9.38. The Morgan fingerprint density at radius 1 is 1.41 bits per heavy atom. The zero-order valence-corrected chi connectivity index (χ0v) is 11.3. The minimum absolute atomic E-state index is 0.246. The zero-order chi connectivity index (χ0) is 12.7. The first-order chi connectivity index (χ1) is 8.15. The average Bonchev–Trinajstić information content (AvgIpc) is 2.30. The van der Waals surface area contributed by atoms with Crippen molar-refractivity contribution in [1.29, 1.82) is 0 Å². The van der Waals surface area contributed by atoms with Crippen LogP contribution in [0.25, 0.3) is 0 Å². The molecule has 1 atom stereocenters. The maximum absolute atomic E-state index is 11.1. The topological polar surface area (TPSA) is 46.5 Å². The number of hydrogen-bond acceptors (Lipinski definition) is 3. The van der Waals surface area contributed by atoms with Crippen LogP contribution >= 0.6 is 12.2 Å². The van der Waals surface area contributed by atoms with Crippen molar-refractivity contribution in [3.8, 4) is 0 Å². The second kappa shape index (κ2) is 7.64. The van der Waals surface area contributed by atoms with Crippen LogP contribution in [0.2, 0.25) is 0 Å². The monoisotopic (exact) mass is 258 g/mol. The van der Waals surface area contributed by atoms with Crippen LogP contribution in [-0.2, 0) is 9.53 Å². The van der Waals surface area contributed by atoms with Gasteiger partial charge in [0.15, 0.2) is 5.05 Å². The van der Waals surface area contributed by atoms with Crippen molar-refractivity contribution >= 4 is 23.2 Å². The maximum Gasteiger partial charge on any atom is 0.315 e. The van der Waals surface area contributed by atoms with E-state index in [0.29, 0.717) is 18.9 Å². The third-order valence-electron chi connectivity index (χ3n) is 3.46. The first kappa shape index (κ1) is 14.4. The summed E-state index contributed by atoms with van der Waals surface area (Å²) in [7, 11) is 0. The van der Waals surface area contributed by atoms with Crippen LogP contribution in [0, 0.1) is 11.8 Å². The molecule has 17 heavy (non-hydrogen) atoms. The van der Waals surface area contributed by atoms with Gasteiger partial charge in [-0.1, -0.05) is 32.1 Å². The van der Waals surface area contributed by atoms with E-state index in [9.17, 15) is 4.79 Å². The normalized spacial score (nSPS) is 18.6. The molecule has 0 aliphatic heterocycles. The number of carboxylic acid groups (broad SMARTS) is 1. The number of hydrogen-bond donors (Lipinski definition) is 1. The lowest BCUT2D eigenvalue weighted by molar-refractivity contribution is -0.140. The van der Waals surface area contributed by atoms with E-state index in [1.54, 1.807) is 0 Å². The Morgan fingerprint density at radius 3 is 2.59 bits per heavy atom. The number of thiocarbonyl (C=S) groups is 1. The maximum atomic E-state index is 11.1. The molecule has 1 fully saturated rings. The van der Waals surface area contributed by atoms with Gasteiger partial charge in [-0.2, -0.15) is 0 Å². The molecule has 1 N–H and O–H groups in total. The van der Waals surface area contributed by atoms with Crippen molar-refractivity contribution in [2.24, 2.45) is 11.8 Å².